The molecule has 7 nitrogen and oxygen atoms in total. The number of hydrogen-bond donors (Lipinski definition) is 2. The molecule has 0 saturated heterocycles. The third-order valence-corrected chi connectivity index (χ3v) is 5.92. The molecule has 3 N–H and O–H groups in total. The maximum absolute atomic E-state index is 12.7. The molecule has 2 rings (SSSR count). The lowest BCUT2D eigenvalue weighted by atomic mass is 10.1. The highest BCUT2D eigenvalue weighted by Crippen LogP contribution is 2.32. The molecule has 0 amide bonds. The van der Waals surface area contributed by atoms with Crippen molar-refractivity contribution in [3.05, 3.63) is 33.4 Å². The van der Waals surface area contributed by atoms with E-state index < -0.39 is 14.9 Å². The molecule has 1 aliphatic carbocycles. The minimum absolute atomic E-state index is 0. The van der Waals surface area contributed by atoms with E-state index in [9.17, 15) is 18.5 Å². The van der Waals surface area contributed by atoms with Gasteiger partial charge in [-0.15, -0.1) is 12.4 Å². The number of nitrogens with zero attached hydrogens (tertiary/aromatic N) is 1. The first-order valence-corrected chi connectivity index (χ1v) is 8.73. The Kier molecular flexibility index (Phi) is 6.52. The molecule has 23 heavy (non-hydrogen) atoms. The van der Waals surface area contributed by atoms with Gasteiger partial charge in [-0.25, -0.2) is 13.1 Å². The smallest absolute Gasteiger partial charge is 0.292 e. The molecule has 0 radical (unpaired) electrons. The molecule has 0 spiro atoms. The lowest BCUT2D eigenvalue weighted by molar-refractivity contribution is -0.388. The van der Waals surface area contributed by atoms with E-state index in [1.54, 1.807) is 19.1 Å². The number of nitrogens with one attached hydrogen (secondary N) is 1. The second-order valence-electron chi connectivity index (χ2n) is 5.79. The fourth-order valence-corrected chi connectivity index (χ4v) is 4.88. The quantitative estimate of drug-likeness (QED) is 0.613. The largest absolute Gasteiger partial charge is 0.330 e. The van der Waals surface area contributed by atoms with E-state index in [0.29, 0.717) is 24.1 Å². The van der Waals surface area contributed by atoms with E-state index in [2.05, 4.69) is 4.72 Å². The van der Waals surface area contributed by atoms with Crippen molar-refractivity contribution in [3.8, 4) is 0 Å². The molecule has 0 aromatic heterocycles. The molecule has 2 unspecified atom stereocenters. The second kappa shape index (κ2) is 7.57. The monoisotopic (exact) mass is 363 g/mol. The second-order valence-corrected chi connectivity index (χ2v) is 7.44. The molecule has 2 atom stereocenters. The van der Waals surface area contributed by atoms with Gasteiger partial charge >= 0.3 is 0 Å². The van der Waals surface area contributed by atoms with Crippen molar-refractivity contribution in [2.75, 3.05) is 6.54 Å². The van der Waals surface area contributed by atoms with Crippen molar-refractivity contribution in [2.24, 2.45) is 11.7 Å². The van der Waals surface area contributed by atoms with Crippen LogP contribution >= 0.6 is 12.4 Å². The fourth-order valence-electron chi connectivity index (χ4n) is 3.07. The molecule has 0 bridgehead atoms. The minimum atomic E-state index is -3.96. The van der Waals surface area contributed by atoms with E-state index in [1.165, 1.54) is 6.92 Å². The zero-order valence-electron chi connectivity index (χ0n) is 13.1. The summed E-state index contributed by atoms with van der Waals surface area (Å²) in [4.78, 5) is 10.4. The Morgan fingerprint density at radius 3 is 2.48 bits per heavy atom. The molecule has 1 fully saturated rings. The molecule has 1 aromatic rings. The summed E-state index contributed by atoms with van der Waals surface area (Å²) in [6.07, 6.45) is 2.49. The standard InChI is InChI=1S/C14H21N3O4S.ClH/c1-9-6-7-10(2)14(13(9)17(18)19)22(20,21)16-12-5-3-4-11(12)8-15;/h6-7,11-12,16H,3-5,8,15H2,1-2H3;1H. The molecular formula is C14H22ClN3O4S. The first-order chi connectivity index (χ1) is 10.3. The van der Waals surface area contributed by atoms with Gasteiger partial charge in [0.15, 0.2) is 4.90 Å². The first-order valence-electron chi connectivity index (χ1n) is 7.25. The predicted octanol–water partition coefficient (Wildman–Crippen LogP) is 2.04. The summed E-state index contributed by atoms with van der Waals surface area (Å²) in [7, 11) is -3.96. The third kappa shape index (κ3) is 4.00. The van der Waals surface area contributed by atoms with Crippen LogP contribution in [-0.4, -0.2) is 25.9 Å². The first kappa shape index (κ1) is 19.8. The maximum atomic E-state index is 12.7. The van der Waals surface area contributed by atoms with Gasteiger partial charge in [0.2, 0.25) is 10.0 Å². The van der Waals surface area contributed by atoms with Gasteiger partial charge in [0, 0.05) is 11.6 Å². The topological polar surface area (TPSA) is 115 Å². The molecular weight excluding hydrogens is 342 g/mol. The van der Waals surface area contributed by atoms with Crippen LogP contribution in [0.3, 0.4) is 0 Å². The number of rotatable bonds is 5. The Balaban J connectivity index is 0.00000264. The zero-order chi connectivity index (χ0) is 16.5. The van der Waals surface area contributed by atoms with Gasteiger partial charge in [0.1, 0.15) is 0 Å². The van der Waals surface area contributed by atoms with E-state index in [0.717, 1.165) is 12.8 Å². The van der Waals surface area contributed by atoms with Crippen molar-refractivity contribution in [1.82, 2.24) is 4.72 Å². The molecule has 1 aromatic carbocycles. The lowest BCUT2D eigenvalue weighted by Gasteiger charge is -2.20. The molecule has 1 saturated carbocycles. The molecule has 9 heteroatoms. The van der Waals surface area contributed by atoms with Crippen LogP contribution in [0.1, 0.15) is 30.4 Å². The lowest BCUT2D eigenvalue weighted by Crippen LogP contribution is -2.40. The maximum Gasteiger partial charge on any atom is 0.292 e. The summed E-state index contributed by atoms with van der Waals surface area (Å²) in [5.74, 6) is 0.0824. The van der Waals surface area contributed by atoms with Crippen LogP contribution in [0, 0.1) is 29.9 Å². The molecule has 1 aliphatic rings. The third-order valence-electron chi connectivity index (χ3n) is 4.25. The Morgan fingerprint density at radius 1 is 1.30 bits per heavy atom. The van der Waals surface area contributed by atoms with Gasteiger partial charge < -0.3 is 5.73 Å². The summed E-state index contributed by atoms with van der Waals surface area (Å²) in [6.45, 7) is 3.51. The number of sulfonamides is 1. The number of hydrogen-bond acceptors (Lipinski definition) is 5. The van der Waals surface area contributed by atoms with E-state index >= 15 is 0 Å². The summed E-state index contributed by atoms with van der Waals surface area (Å²) in [6, 6.07) is 2.89. The number of benzene rings is 1. The van der Waals surface area contributed by atoms with Gasteiger partial charge in [0.25, 0.3) is 5.69 Å². The highest BCUT2D eigenvalue weighted by atomic mass is 35.5. The van der Waals surface area contributed by atoms with Crippen molar-refractivity contribution in [3.63, 3.8) is 0 Å². The highest BCUT2D eigenvalue weighted by Gasteiger charge is 2.35. The predicted molar refractivity (Wildman–Crippen MR) is 90.3 cm³/mol. The van der Waals surface area contributed by atoms with Gasteiger partial charge in [0.05, 0.1) is 4.92 Å². The summed E-state index contributed by atoms with van der Waals surface area (Å²) in [5, 5.41) is 11.3. The normalized spacial score (nSPS) is 21.0. The van der Waals surface area contributed by atoms with Crippen LogP contribution in [-0.2, 0) is 10.0 Å². The number of halogens is 1. The highest BCUT2D eigenvalue weighted by molar-refractivity contribution is 7.89. The Morgan fingerprint density at radius 2 is 1.91 bits per heavy atom. The Bertz CT molecular complexity index is 694. The average molecular weight is 364 g/mol. The minimum Gasteiger partial charge on any atom is -0.330 e. The van der Waals surface area contributed by atoms with Crippen molar-refractivity contribution >= 4 is 28.1 Å². The molecule has 0 aliphatic heterocycles. The van der Waals surface area contributed by atoms with Crippen LogP contribution in [0.2, 0.25) is 0 Å². The summed E-state index contributed by atoms with van der Waals surface area (Å²) in [5.41, 5.74) is 6.02. The van der Waals surface area contributed by atoms with Crippen LogP contribution in [0.25, 0.3) is 0 Å². The molecule has 0 heterocycles. The van der Waals surface area contributed by atoms with E-state index in [1.807, 2.05) is 0 Å². The SMILES string of the molecule is Cc1ccc(C)c(S(=O)(=O)NC2CCCC2CN)c1[N+](=O)[O-].Cl. The number of aryl methyl sites for hydroxylation is 2. The van der Waals surface area contributed by atoms with Crippen LogP contribution in [0.4, 0.5) is 5.69 Å². The van der Waals surface area contributed by atoms with Crippen LogP contribution in [0.5, 0.6) is 0 Å². The van der Waals surface area contributed by atoms with Gasteiger partial charge in [-0.2, -0.15) is 0 Å². The Labute approximate surface area is 142 Å². The van der Waals surface area contributed by atoms with Crippen molar-refractivity contribution in [1.29, 1.82) is 0 Å². The van der Waals surface area contributed by atoms with E-state index in [4.69, 9.17) is 5.73 Å². The van der Waals surface area contributed by atoms with Crippen LogP contribution < -0.4 is 10.5 Å². The number of nitro benzene ring substituents is 1. The molecule has 130 valence electrons. The van der Waals surface area contributed by atoms with Gasteiger partial charge in [-0.05, 0) is 44.7 Å². The van der Waals surface area contributed by atoms with Crippen LogP contribution in [0.15, 0.2) is 17.0 Å². The number of nitrogens with two attached hydrogens (primary N) is 1. The fraction of sp³-hybridized carbons (Fsp3) is 0.571. The number of nitro groups is 1. The van der Waals surface area contributed by atoms with Crippen molar-refractivity contribution in [2.45, 2.75) is 44.0 Å². The Hall–Kier alpha value is -1.22. The van der Waals surface area contributed by atoms with Gasteiger partial charge in [-0.3, -0.25) is 10.1 Å². The zero-order valence-corrected chi connectivity index (χ0v) is 14.7. The van der Waals surface area contributed by atoms with Crippen molar-refractivity contribution < 1.29 is 13.3 Å². The van der Waals surface area contributed by atoms with E-state index in [-0.39, 0.29) is 34.9 Å². The van der Waals surface area contributed by atoms with Gasteiger partial charge in [-0.1, -0.05) is 18.6 Å². The summed E-state index contributed by atoms with van der Waals surface area (Å²) >= 11 is 0. The summed E-state index contributed by atoms with van der Waals surface area (Å²) < 4.78 is 28.0. The average Bonchev–Trinajstić information content (AvgIpc) is 2.86.